The number of nitrogens with one attached hydrogen (secondary N) is 1. The second kappa shape index (κ2) is 4.76. The Hall–Kier alpha value is -0.570. The molecule has 0 amide bonds. The number of hydrogen-bond acceptors (Lipinski definition) is 5. The maximum atomic E-state index is 4.61. The van der Waals surface area contributed by atoms with Crippen molar-refractivity contribution in [3.05, 3.63) is 43.3 Å². The first-order valence-electron chi connectivity index (χ1n) is 5.58. The third-order valence-electron chi connectivity index (χ3n) is 2.71. The van der Waals surface area contributed by atoms with Crippen molar-refractivity contribution in [3.63, 3.8) is 0 Å². The molecule has 0 bridgehead atoms. The molecule has 0 aliphatic carbocycles. The number of thioether (sulfide) groups is 1. The van der Waals surface area contributed by atoms with Gasteiger partial charge in [0.1, 0.15) is 9.02 Å². The minimum absolute atomic E-state index is 1.07. The van der Waals surface area contributed by atoms with E-state index in [1.165, 1.54) is 18.2 Å². The van der Waals surface area contributed by atoms with Crippen LogP contribution >= 0.6 is 57.0 Å². The zero-order valence-corrected chi connectivity index (χ0v) is 14.1. The van der Waals surface area contributed by atoms with E-state index in [0.29, 0.717) is 0 Å². The summed E-state index contributed by atoms with van der Waals surface area (Å²) in [6.45, 7) is 0. The summed E-state index contributed by atoms with van der Waals surface area (Å²) in [5, 5.41) is 7.76. The van der Waals surface area contributed by atoms with Crippen LogP contribution in [0.25, 0.3) is 15.6 Å². The highest BCUT2D eigenvalue weighted by Crippen LogP contribution is 2.42. The van der Waals surface area contributed by atoms with Gasteiger partial charge in [0.05, 0.1) is 16.2 Å². The molecular formula is C13H7IN2S3. The van der Waals surface area contributed by atoms with E-state index in [1.807, 2.05) is 0 Å². The van der Waals surface area contributed by atoms with Crippen LogP contribution < -0.4 is 5.32 Å². The second-order valence-electron chi connectivity index (χ2n) is 4.02. The molecule has 0 atom stereocenters. The number of thiophene rings is 1. The van der Waals surface area contributed by atoms with Crippen molar-refractivity contribution in [3.8, 4) is 0 Å². The maximum Gasteiger partial charge on any atom is 0.120 e. The number of fused-ring (bicyclic) bond motifs is 2. The fourth-order valence-corrected chi connectivity index (χ4v) is 5.28. The summed E-state index contributed by atoms with van der Waals surface area (Å²) in [7, 11) is 0. The van der Waals surface area contributed by atoms with E-state index in [-0.39, 0.29) is 0 Å². The molecule has 1 aromatic carbocycles. The van der Waals surface area contributed by atoms with Crippen molar-refractivity contribution in [2.75, 3.05) is 5.32 Å². The number of aromatic nitrogens is 1. The Labute approximate surface area is 136 Å². The predicted octanol–water partition coefficient (Wildman–Crippen LogP) is 5.48. The van der Waals surface area contributed by atoms with Crippen LogP contribution in [-0.2, 0) is 0 Å². The molecule has 0 spiro atoms. The zero-order chi connectivity index (χ0) is 12.8. The lowest BCUT2D eigenvalue weighted by Crippen LogP contribution is -1.88. The molecule has 3 aromatic rings. The Kier molecular flexibility index (Phi) is 3.06. The molecule has 0 radical (unpaired) electrons. The Morgan fingerprint density at radius 1 is 1.26 bits per heavy atom. The molecule has 0 unspecified atom stereocenters. The molecule has 19 heavy (non-hydrogen) atoms. The first-order chi connectivity index (χ1) is 9.28. The molecule has 6 heteroatoms. The first-order valence-corrected chi connectivity index (χ1v) is 9.17. The van der Waals surface area contributed by atoms with Crippen molar-refractivity contribution < 1.29 is 0 Å². The van der Waals surface area contributed by atoms with Gasteiger partial charge in [-0.15, -0.1) is 22.7 Å². The summed E-state index contributed by atoms with van der Waals surface area (Å²) in [4.78, 5) is 5.90. The second-order valence-corrected chi connectivity index (χ2v) is 8.56. The molecule has 1 aliphatic heterocycles. The van der Waals surface area contributed by atoms with Gasteiger partial charge in [-0.1, -0.05) is 11.8 Å². The summed E-state index contributed by atoms with van der Waals surface area (Å²) in [6.07, 6.45) is 2.13. The lowest BCUT2D eigenvalue weighted by Gasteiger charge is -1.97. The van der Waals surface area contributed by atoms with Gasteiger partial charge in [-0.3, -0.25) is 0 Å². The van der Waals surface area contributed by atoms with E-state index < -0.39 is 0 Å². The van der Waals surface area contributed by atoms with Crippen LogP contribution in [0.5, 0.6) is 0 Å². The third kappa shape index (κ3) is 2.31. The van der Waals surface area contributed by atoms with E-state index in [2.05, 4.69) is 68.6 Å². The van der Waals surface area contributed by atoms with Crippen LogP contribution in [0.15, 0.2) is 39.6 Å². The van der Waals surface area contributed by atoms with Crippen molar-refractivity contribution in [2.24, 2.45) is 0 Å². The van der Waals surface area contributed by atoms with Gasteiger partial charge < -0.3 is 5.32 Å². The third-order valence-corrected chi connectivity index (χ3v) is 6.45. The molecule has 2 nitrogen and oxygen atoms in total. The maximum absolute atomic E-state index is 4.61. The number of halogens is 1. The highest BCUT2D eigenvalue weighted by atomic mass is 127. The van der Waals surface area contributed by atoms with Crippen molar-refractivity contribution in [1.82, 2.24) is 4.98 Å². The van der Waals surface area contributed by atoms with Gasteiger partial charge in [0.2, 0.25) is 0 Å². The standard InChI is InChI=1S/C13H7IN2S3/c14-7-1-2-10-9(5-7)16-11(18-10)6-12-15-8-3-4-17-13(8)19-12/h1-6,16H/b11-6-. The van der Waals surface area contributed by atoms with Crippen molar-refractivity contribution in [1.29, 1.82) is 0 Å². The molecule has 1 aliphatic rings. The van der Waals surface area contributed by atoms with Crippen molar-refractivity contribution >= 4 is 78.3 Å². The smallest absolute Gasteiger partial charge is 0.120 e. The molecular weight excluding hydrogens is 407 g/mol. The van der Waals surface area contributed by atoms with E-state index in [1.54, 1.807) is 34.4 Å². The van der Waals surface area contributed by atoms with Crippen LogP contribution in [0.3, 0.4) is 0 Å². The van der Waals surface area contributed by atoms with Gasteiger partial charge >= 0.3 is 0 Å². The van der Waals surface area contributed by atoms with Gasteiger partial charge in [-0.05, 0) is 52.2 Å². The fraction of sp³-hybridized carbons (Fsp3) is 0. The molecule has 3 heterocycles. The highest BCUT2D eigenvalue weighted by Gasteiger charge is 2.16. The Balaban J connectivity index is 1.68. The molecule has 1 N–H and O–H groups in total. The van der Waals surface area contributed by atoms with E-state index >= 15 is 0 Å². The number of benzene rings is 1. The normalized spacial score (nSPS) is 15.9. The average molecular weight is 414 g/mol. The molecule has 0 fully saturated rings. The Bertz CT molecular complexity index is 775. The van der Waals surface area contributed by atoms with Gasteiger partial charge in [0.15, 0.2) is 0 Å². The molecule has 0 saturated carbocycles. The lowest BCUT2D eigenvalue weighted by atomic mass is 10.3. The molecule has 0 saturated heterocycles. The van der Waals surface area contributed by atoms with E-state index in [0.717, 1.165) is 15.6 Å². The predicted molar refractivity (Wildman–Crippen MR) is 94.1 cm³/mol. The van der Waals surface area contributed by atoms with Crippen LogP contribution in [-0.4, -0.2) is 4.98 Å². The summed E-state index contributed by atoms with van der Waals surface area (Å²) < 4.78 is 2.54. The van der Waals surface area contributed by atoms with E-state index in [9.17, 15) is 0 Å². The average Bonchev–Trinajstić information content (AvgIpc) is 3.01. The summed E-state index contributed by atoms with van der Waals surface area (Å²) in [6, 6.07) is 8.54. The summed E-state index contributed by atoms with van der Waals surface area (Å²) in [5.74, 6) is 0. The largest absolute Gasteiger partial charge is 0.349 e. The summed E-state index contributed by atoms with van der Waals surface area (Å²) in [5.41, 5.74) is 2.30. The highest BCUT2D eigenvalue weighted by molar-refractivity contribution is 14.1. The Morgan fingerprint density at radius 3 is 3.11 bits per heavy atom. The van der Waals surface area contributed by atoms with Crippen LogP contribution in [0, 0.1) is 3.57 Å². The van der Waals surface area contributed by atoms with E-state index in [4.69, 9.17) is 0 Å². The Morgan fingerprint density at radius 2 is 2.21 bits per heavy atom. The number of thiazole rings is 1. The lowest BCUT2D eigenvalue weighted by molar-refractivity contribution is 1.43. The molecule has 4 rings (SSSR count). The minimum Gasteiger partial charge on any atom is -0.349 e. The first kappa shape index (κ1) is 12.2. The number of nitrogens with zero attached hydrogens (tertiary/aromatic N) is 1. The van der Waals surface area contributed by atoms with Crippen LogP contribution in [0.1, 0.15) is 5.01 Å². The van der Waals surface area contributed by atoms with Gasteiger partial charge in [0, 0.05) is 14.5 Å². The van der Waals surface area contributed by atoms with Gasteiger partial charge in [-0.25, -0.2) is 4.98 Å². The quantitative estimate of drug-likeness (QED) is 0.534. The molecule has 94 valence electrons. The fourth-order valence-electron chi connectivity index (χ4n) is 1.89. The van der Waals surface area contributed by atoms with Gasteiger partial charge in [-0.2, -0.15) is 0 Å². The summed E-state index contributed by atoms with van der Waals surface area (Å²) >= 11 is 7.61. The monoisotopic (exact) mass is 414 g/mol. The number of hydrogen-bond donors (Lipinski definition) is 1. The molecule has 2 aromatic heterocycles. The minimum atomic E-state index is 1.07. The van der Waals surface area contributed by atoms with Crippen LogP contribution in [0.2, 0.25) is 0 Å². The van der Waals surface area contributed by atoms with Crippen LogP contribution in [0.4, 0.5) is 5.69 Å². The zero-order valence-electron chi connectivity index (χ0n) is 9.51. The number of rotatable bonds is 1. The van der Waals surface area contributed by atoms with Crippen molar-refractivity contribution in [2.45, 2.75) is 4.90 Å². The number of anilines is 1. The topological polar surface area (TPSA) is 24.9 Å². The van der Waals surface area contributed by atoms with Gasteiger partial charge in [0.25, 0.3) is 0 Å². The SMILES string of the molecule is Ic1ccc2c(c1)N/C(=C/c1nc3ccsc3s1)S2.